The number of nitrogens with one attached hydrogen (secondary N) is 1. The molecule has 192 valence electrons. The molecule has 0 bridgehead atoms. The third-order valence-electron chi connectivity index (χ3n) is 7.04. The first kappa shape index (κ1) is 24.5. The van der Waals surface area contributed by atoms with Crippen LogP contribution in [0.1, 0.15) is 35.1 Å². The molecular formula is C27H27N3O7. The summed E-state index contributed by atoms with van der Waals surface area (Å²) in [6.45, 7) is 1.36. The Labute approximate surface area is 212 Å². The maximum Gasteiger partial charge on any atom is 0.410 e. The van der Waals surface area contributed by atoms with Gasteiger partial charge >= 0.3 is 17.8 Å². The van der Waals surface area contributed by atoms with Crippen LogP contribution in [0.4, 0.5) is 4.79 Å². The predicted molar refractivity (Wildman–Crippen MR) is 134 cm³/mol. The second-order valence-electron chi connectivity index (χ2n) is 9.39. The molecule has 2 N–H and O–H groups in total. The maximum atomic E-state index is 13.3. The summed E-state index contributed by atoms with van der Waals surface area (Å²) < 4.78 is 12.5. The van der Waals surface area contributed by atoms with Crippen molar-refractivity contribution in [2.75, 3.05) is 26.4 Å². The van der Waals surface area contributed by atoms with E-state index < -0.39 is 42.0 Å². The van der Waals surface area contributed by atoms with Crippen molar-refractivity contribution in [1.29, 1.82) is 0 Å². The number of aliphatic carboxylic acids is 1. The molecule has 1 fully saturated rings. The first-order chi connectivity index (χ1) is 17.8. The van der Waals surface area contributed by atoms with Crippen molar-refractivity contribution in [2.45, 2.75) is 31.3 Å². The number of nitrogens with zero attached hydrogens (tertiary/aromatic N) is 2. The molecule has 0 unspecified atom stereocenters. The summed E-state index contributed by atoms with van der Waals surface area (Å²) in [6, 6.07) is 15.1. The number of carbonyl (C=O) groups excluding carboxylic acids is 1. The highest BCUT2D eigenvalue weighted by Crippen LogP contribution is 2.44. The Morgan fingerprint density at radius 3 is 2.32 bits per heavy atom. The van der Waals surface area contributed by atoms with Gasteiger partial charge in [0, 0.05) is 24.2 Å². The quantitative estimate of drug-likeness (QED) is 0.504. The Balaban J connectivity index is 1.35. The van der Waals surface area contributed by atoms with E-state index in [0.717, 1.165) is 22.3 Å². The SMILES string of the molecule is Cc1cn([C@@H]2C[C@H](COCC(=O)O)N(C(=O)OCC3c4ccccc4-c4ccccc43)C2)c(=O)[nH]c1=O. The second kappa shape index (κ2) is 10.1. The van der Waals surface area contributed by atoms with Gasteiger partial charge in [0.15, 0.2) is 0 Å². The standard InChI is InChI=1S/C27H27N3O7/c1-16-11-29(26(34)28-25(16)33)17-10-18(13-36-15-24(31)32)30(12-17)27(35)37-14-23-21-8-4-2-6-19(21)20-7-3-5-9-22(20)23/h2-9,11,17-18,23H,10,12-15H2,1H3,(H,31,32)(H,28,33,34)/t17-,18-/m1/s1. The van der Waals surface area contributed by atoms with Crippen molar-refractivity contribution < 1.29 is 24.2 Å². The number of hydrogen-bond donors (Lipinski definition) is 2. The number of aromatic nitrogens is 2. The van der Waals surface area contributed by atoms with Crippen molar-refractivity contribution in [3.8, 4) is 11.1 Å². The van der Waals surface area contributed by atoms with Crippen LogP contribution >= 0.6 is 0 Å². The van der Waals surface area contributed by atoms with Crippen LogP contribution in [0.5, 0.6) is 0 Å². The molecule has 2 atom stereocenters. The Morgan fingerprint density at radius 1 is 1.03 bits per heavy atom. The third kappa shape index (κ3) is 4.79. The molecule has 37 heavy (non-hydrogen) atoms. The van der Waals surface area contributed by atoms with Gasteiger partial charge in [-0.3, -0.25) is 14.3 Å². The van der Waals surface area contributed by atoms with Crippen LogP contribution in [0.2, 0.25) is 0 Å². The molecule has 0 saturated carbocycles. The molecule has 2 aliphatic rings. The van der Waals surface area contributed by atoms with Gasteiger partial charge in [0.1, 0.15) is 13.2 Å². The number of carbonyl (C=O) groups is 2. The molecule has 0 spiro atoms. The molecule has 0 radical (unpaired) electrons. The zero-order chi connectivity index (χ0) is 26.1. The van der Waals surface area contributed by atoms with Gasteiger partial charge in [-0.15, -0.1) is 0 Å². The summed E-state index contributed by atoms with van der Waals surface area (Å²) in [7, 11) is 0. The highest BCUT2D eigenvalue weighted by Gasteiger charge is 2.39. The average Bonchev–Trinajstić information content (AvgIpc) is 3.44. The van der Waals surface area contributed by atoms with Gasteiger partial charge in [-0.25, -0.2) is 14.4 Å². The van der Waals surface area contributed by atoms with Crippen LogP contribution < -0.4 is 11.2 Å². The molecule has 1 aliphatic carbocycles. The number of aryl methyl sites for hydroxylation is 1. The smallest absolute Gasteiger partial charge is 0.410 e. The van der Waals surface area contributed by atoms with E-state index in [-0.39, 0.29) is 25.7 Å². The Morgan fingerprint density at radius 2 is 1.68 bits per heavy atom. The Hall–Kier alpha value is -4.18. The van der Waals surface area contributed by atoms with Crippen molar-refractivity contribution in [1.82, 2.24) is 14.5 Å². The van der Waals surface area contributed by atoms with Gasteiger partial charge in [-0.05, 0) is 35.6 Å². The minimum absolute atomic E-state index is 0.0237. The number of hydrogen-bond acceptors (Lipinski definition) is 6. The monoisotopic (exact) mass is 505 g/mol. The minimum Gasteiger partial charge on any atom is -0.480 e. The number of rotatable bonds is 7. The lowest BCUT2D eigenvalue weighted by atomic mass is 9.98. The van der Waals surface area contributed by atoms with E-state index in [1.807, 2.05) is 36.4 Å². The van der Waals surface area contributed by atoms with Crippen LogP contribution in [0.15, 0.2) is 64.3 Å². The van der Waals surface area contributed by atoms with E-state index in [4.69, 9.17) is 14.6 Å². The number of benzene rings is 2. The largest absolute Gasteiger partial charge is 0.480 e. The fourth-order valence-electron chi connectivity index (χ4n) is 5.29. The van der Waals surface area contributed by atoms with E-state index in [2.05, 4.69) is 17.1 Å². The molecule has 2 heterocycles. The summed E-state index contributed by atoms with van der Waals surface area (Å²) in [4.78, 5) is 52.3. The third-order valence-corrected chi connectivity index (χ3v) is 7.04. The van der Waals surface area contributed by atoms with Crippen LogP contribution in [-0.4, -0.2) is 64.0 Å². The van der Waals surface area contributed by atoms with Crippen molar-refractivity contribution >= 4 is 12.1 Å². The van der Waals surface area contributed by atoms with Crippen molar-refractivity contribution in [2.24, 2.45) is 0 Å². The topological polar surface area (TPSA) is 131 Å². The lowest BCUT2D eigenvalue weighted by molar-refractivity contribution is -0.142. The second-order valence-corrected chi connectivity index (χ2v) is 9.39. The summed E-state index contributed by atoms with van der Waals surface area (Å²) in [6.07, 6.45) is 1.25. The molecule has 5 rings (SSSR count). The Kier molecular flexibility index (Phi) is 6.66. The number of carboxylic acid groups (broad SMARTS) is 1. The van der Waals surface area contributed by atoms with E-state index in [9.17, 15) is 19.2 Å². The van der Waals surface area contributed by atoms with Gasteiger partial charge < -0.3 is 19.5 Å². The lowest BCUT2D eigenvalue weighted by Crippen LogP contribution is -2.40. The molecule has 1 aliphatic heterocycles. The summed E-state index contributed by atoms with van der Waals surface area (Å²) in [5, 5.41) is 8.94. The number of H-pyrrole nitrogens is 1. The van der Waals surface area contributed by atoms with Gasteiger partial charge in [0.05, 0.1) is 18.7 Å². The zero-order valence-corrected chi connectivity index (χ0v) is 20.3. The predicted octanol–water partition coefficient (Wildman–Crippen LogP) is 2.51. The van der Waals surface area contributed by atoms with E-state index in [0.29, 0.717) is 12.0 Å². The molecular weight excluding hydrogens is 478 g/mol. The van der Waals surface area contributed by atoms with Gasteiger partial charge in [0.25, 0.3) is 5.56 Å². The summed E-state index contributed by atoms with van der Waals surface area (Å²) >= 11 is 0. The number of carboxylic acids is 1. The summed E-state index contributed by atoms with van der Waals surface area (Å²) in [5.74, 6) is -1.23. The van der Waals surface area contributed by atoms with Gasteiger partial charge in [-0.1, -0.05) is 48.5 Å². The molecule has 10 heteroatoms. The van der Waals surface area contributed by atoms with E-state index in [1.165, 1.54) is 15.7 Å². The summed E-state index contributed by atoms with van der Waals surface area (Å²) in [5.41, 5.74) is 3.76. The maximum absolute atomic E-state index is 13.3. The Bertz CT molecular complexity index is 1420. The van der Waals surface area contributed by atoms with Crippen LogP contribution in [-0.2, 0) is 14.3 Å². The lowest BCUT2D eigenvalue weighted by Gasteiger charge is -2.24. The van der Waals surface area contributed by atoms with Crippen LogP contribution in [0.25, 0.3) is 11.1 Å². The average molecular weight is 506 g/mol. The zero-order valence-electron chi connectivity index (χ0n) is 20.3. The molecule has 10 nitrogen and oxygen atoms in total. The van der Waals surface area contributed by atoms with Crippen molar-refractivity contribution in [3.63, 3.8) is 0 Å². The number of fused-ring (bicyclic) bond motifs is 3. The van der Waals surface area contributed by atoms with E-state index in [1.54, 1.807) is 6.92 Å². The van der Waals surface area contributed by atoms with E-state index >= 15 is 0 Å². The normalized spacial score (nSPS) is 18.5. The van der Waals surface area contributed by atoms with Crippen LogP contribution in [0, 0.1) is 6.92 Å². The fourth-order valence-corrected chi connectivity index (χ4v) is 5.29. The molecule has 1 aromatic heterocycles. The van der Waals surface area contributed by atoms with Gasteiger partial charge in [0.2, 0.25) is 0 Å². The highest BCUT2D eigenvalue weighted by molar-refractivity contribution is 5.79. The first-order valence-corrected chi connectivity index (χ1v) is 12.1. The van der Waals surface area contributed by atoms with Crippen molar-refractivity contribution in [3.05, 3.63) is 92.3 Å². The number of likely N-dealkylation sites (tertiary alicyclic amines) is 1. The molecule has 2 aromatic carbocycles. The molecule has 1 amide bonds. The van der Waals surface area contributed by atoms with Gasteiger partial charge in [-0.2, -0.15) is 0 Å². The molecule has 1 saturated heterocycles. The highest BCUT2D eigenvalue weighted by atomic mass is 16.6. The molecule has 3 aromatic rings. The minimum atomic E-state index is -1.12. The first-order valence-electron chi connectivity index (χ1n) is 12.1. The van der Waals surface area contributed by atoms with Crippen LogP contribution in [0.3, 0.4) is 0 Å². The fraction of sp³-hybridized carbons (Fsp3) is 0.333. The number of aromatic amines is 1. The number of ether oxygens (including phenoxy) is 2. The number of amides is 1.